The van der Waals surface area contributed by atoms with E-state index in [0.717, 1.165) is 11.5 Å². The molecule has 1 rings (SSSR count). The molecule has 0 aromatic carbocycles. The normalized spacial score (nSPS) is 13.6. The number of carbonyl (C=O) groups excluding carboxylic acids is 1. The molecule has 1 aromatic heterocycles. The minimum Gasteiger partial charge on any atom is -0.476 e. The molecule has 0 aliphatic heterocycles. The van der Waals surface area contributed by atoms with Crippen LogP contribution in [0.5, 0.6) is 0 Å². The van der Waals surface area contributed by atoms with Crippen LogP contribution >= 0.6 is 11.5 Å². The van der Waals surface area contributed by atoms with Gasteiger partial charge >= 0.3 is 11.9 Å². The highest BCUT2D eigenvalue weighted by Gasteiger charge is 2.25. The van der Waals surface area contributed by atoms with Crippen LogP contribution in [-0.2, 0) is 19.2 Å². The van der Waals surface area contributed by atoms with Crippen LogP contribution < -0.4 is 5.73 Å². The molecule has 0 fully saturated rings. The number of nitrogen functional groups attached to an aromatic ring is 1. The number of hydrogen-bond donors (Lipinski definition) is 2. The van der Waals surface area contributed by atoms with Crippen molar-refractivity contribution in [1.82, 2.24) is 9.36 Å². The number of nitrogens with two attached hydrogens (primary N) is 1. The number of nitrogens with zero attached hydrogens (tertiary/aromatic N) is 3. The van der Waals surface area contributed by atoms with Crippen LogP contribution in [0.1, 0.15) is 33.5 Å². The zero-order chi connectivity index (χ0) is 16.2. The molecule has 0 radical (unpaired) electrons. The van der Waals surface area contributed by atoms with E-state index in [1.54, 1.807) is 20.8 Å². The number of carbonyl (C=O) groups is 2. The van der Waals surface area contributed by atoms with Gasteiger partial charge in [-0.1, -0.05) is 5.16 Å². The van der Waals surface area contributed by atoms with Gasteiger partial charge in [-0.15, -0.1) is 0 Å². The lowest BCUT2D eigenvalue weighted by atomic mass is 10.2. The molecule has 0 aliphatic rings. The third kappa shape index (κ3) is 5.34. The van der Waals surface area contributed by atoms with E-state index in [4.69, 9.17) is 20.4 Å². The summed E-state index contributed by atoms with van der Waals surface area (Å²) in [5.74, 6) is -2.24. The fourth-order valence-electron chi connectivity index (χ4n) is 1.07. The second-order valence-electron chi connectivity index (χ2n) is 4.98. The summed E-state index contributed by atoms with van der Waals surface area (Å²) in [6.07, 6.45) is -1.07. The highest BCUT2D eigenvalue weighted by Crippen LogP contribution is 2.11. The van der Waals surface area contributed by atoms with Gasteiger partial charge in [-0.05, 0) is 27.7 Å². The summed E-state index contributed by atoms with van der Waals surface area (Å²) in [4.78, 5) is 31.3. The van der Waals surface area contributed by atoms with E-state index < -0.39 is 29.4 Å². The average Bonchev–Trinajstić information content (AvgIpc) is 2.73. The summed E-state index contributed by atoms with van der Waals surface area (Å²) in [7, 11) is 0. The largest absolute Gasteiger partial charge is 0.476 e. The summed E-state index contributed by atoms with van der Waals surface area (Å²) < 4.78 is 8.79. The van der Waals surface area contributed by atoms with Crippen molar-refractivity contribution in [3.05, 3.63) is 5.82 Å². The monoisotopic (exact) mass is 316 g/mol. The van der Waals surface area contributed by atoms with Crippen molar-refractivity contribution in [2.24, 2.45) is 5.16 Å². The molecule has 0 saturated heterocycles. The molecule has 0 spiro atoms. The molecule has 1 atom stereocenters. The Morgan fingerprint density at radius 3 is 2.48 bits per heavy atom. The lowest BCUT2D eigenvalue weighted by Crippen LogP contribution is -2.31. The molecular weight excluding hydrogens is 300 g/mol. The fourth-order valence-corrected chi connectivity index (χ4v) is 1.50. The van der Waals surface area contributed by atoms with Crippen LogP contribution in [-0.4, -0.2) is 43.8 Å². The molecular formula is C11H16N4O5S. The summed E-state index contributed by atoms with van der Waals surface area (Å²) >= 11 is 0.824. The smallest absolute Gasteiger partial charge is 0.362 e. The summed E-state index contributed by atoms with van der Waals surface area (Å²) in [5.41, 5.74) is 4.15. The maximum atomic E-state index is 11.7. The number of esters is 1. The lowest BCUT2D eigenvalue weighted by molar-refractivity contribution is -0.167. The Balaban J connectivity index is 2.80. The molecule has 0 bridgehead atoms. The minimum atomic E-state index is -1.40. The molecule has 1 unspecified atom stereocenters. The van der Waals surface area contributed by atoms with Gasteiger partial charge < -0.3 is 20.4 Å². The zero-order valence-electron chi connectivity index (χ0n) is 12.0. The van der Waals surface area contributed by atoms with Crippen molar-refractivity contribution in [1.29, 1.82) is 0 Å². The van der Waals surface area contributed by atoms with E-state index in [0.29, 0.717) is 0 Å². The molecule has 1 heterocycles. The molecule has 0 aliphatic carbocycles. The van der Waals surface area contributed by atoms with Gasteiger partial charge in [-0.3, -0.25) is 0 Å². The Bertz CT molecular complexity index is 563. The Morgan fingerprint density at radius 2 is 2.05 bits per heavy atom. The third-order valence-corrected chi connectivity index (χ3v) is 2.44. The summed E-state index contributed by atoms with van der Waals surface area (Å²) in [5, 5.41) is 12.5. The van der Waals surface area contributed by atoms with Gasteiger partial charge in [-0.2, -0.15) is 9.36 Å². The second-order valence-corrected chi connectivity index (χ2v) is 5.77. The van der Waals surface area contributed by atoms with Gasteiger partial charge in [0.1, 0.15) is 5.60 Å². The third-order valence-electron chi connectivity index (χ3n) is 1.90. The predicted molar refractivity (Wildman–Crippen MR) is 74.9 cm³/mol. The number of ether oxygens (including phenoxy) is 1. The molecule has 1 aromatic rings. The number of hydrogen-bond acceptors (Lipinski definition) is 9. The minimum absolute atomic E-state index is 0.0964. The Kier molecular flexibility index (Phi) is 5.19. The van der Waals surface area contributed by atoms with Crippen LogP contribution in [0.2, 0.25) is 0 Å². The molecule has 21 heavy (non-hydrogen) atoms. The molecule has 3 N–H and O–H groups in total. The summed E-state index contributed by atoms with van der Waals surface area (Å²) in [6, 6.07) is 0. The zero-order valence-corrected chi connectivity index (χ0v) is 12.8. The number of anilines is 1. The molecule has 9 nitrogen and oxygen atoms in total. The molecule has 0 amide bonds. The van der Waals surface area contributed by atoms with Crippen molar-refractivity contribution >= 4 is 34.3 Å². The van der Waals surface area contributed by atoms with E-state index in [1.807, 2.05) is 0 Å². The van der Waals surface area contributed by atoms with Crippen molar-refractivity contribution in [2.75, 3.05) is 5.73 Å². The van der Waals surface area contributed by atoms with Crippen LogP contribution in [0.15, 0.2) is 5.16 Å². The summed E-state index contributed by atoms with van der Waals surface area (Å²) in [6.45, 7) is 6.49. The number of carboxylic acid groups (broad SMARTS) is 1. The highest BCUT2D eigenvalue weighted by atomic mass is 32.1. The maximum absolute atomic E-state index is 11.7. The second kappa shape index (κ2) is 6.48. The van der Waals surface area contributed by atoms with Crippen LogP contribution in [0.3, 0.4) is 0 Å². The Hall–Kier alpha value is -2.23. The van der Waals surface area contributed by atoms with Gasteiger partial charge in [0.2, 0.25) is 17.6 Å². The molecule has 0 saturated carbocycles. The lowest BCUT2D eigenvalue weighted by Gasteiger charge is -2.21. The molecule has 10 heteroatoms. The number of oxime groups is 1. The standard InChI is InChI=1S/C11H16N4O5S/c1-5(9(18)19-11(2,3)4)20-14-6(8(16)17)7-13-10(12)21-15-7/h5H,1-4H3,(H,16,17)(H2,12,13,15)/b14-6-. The SMILES string of the molecule is CC(O/N=C(\C(=O)O)c1nsc(N)n1)C(=O)OC(C)(C)C. The van der Waals surface area contributed by atoms with Gasteiger partial charge in [0.25, 0.3) is 0 Å². The number of rotatable bonds is 5. The van der Waals surface area contributed by atoms with E-state index in [1.165, 1.54) is 6.92 Å². The predicted octanol–water partition coefficient (Wildman–Crippen LogP) is 0.656. The first-order valence-electron chi connectivity index (χ1n) is 5.89. The first-order chi connectivity index (χ1) is 9.60. The number of aromatic nitrogens is 2. The van der Waals surface area contributed by atoms with Gasteiger partial charge in [0.05, 0.1) is 0 Å². The van der Waals surface area contributed by atoms with Gasteiger partial charge in [0, 0.05) is 11.5 Å². The van der Waals surface area contributed by atoms with Gasteiger partial charge in [0.15, 0.2) is 5.13 Å². The van der Waals surface area contributed by atoms with Gasteiger partial charge in [-0.25, -0.2) is 9.59 Å². The van der Waals surface area contributed by atoms with E-state index in [9.17, 15) is 9.59 Å². The van der Waals surface area contributed by atoms with Crippen molar-refractivity contribution in [2.45, 2.75) is 39.4 Å². The van der Waals surface area contributed by atoms with E-state index in [-0.39, 0.29) is 11.0 Å². The molecule has 116 valence electrons. The van der Waals surface area contributed by atoms with E-state index >= 15 is 0 Å². The number of carboxylic acids is 1. The number of aliphatic carboxylic acids is 1. The van der Waals surface area contributed by atoms with Crippen LogP contribution in [0.25, 0.3) is 0 Å². The van der Waals surface area contributed by atoms with Crippen molar-refractivity contribution in [3.8, 4) is 0 Å². The topological polar surface area (TPSA) is 137 Å². The van der Waals surface area contributed by atoms with Crippen LogP contribution in [0, 0.1) is 0 Å². The van der Waals surface area contributed by atoms with Crippen LogP contribution in [0.4, 0.5) is 5.13 Å². The van der Waals surface area contributed by atoms with Crippen molar-refractivity contribution in [3.63, 3.8) is 0 Å². The first kappa shape index (κ1) is 16.8. The maximum Gasteiger partial charge on any atom is 0.362 e. The average molecular weight is 316 g/mol. The van der Waals surface area contributed by atoms with Crippen molar-refractivity contribution < 1.29 is 24.3 Å². The fraction of sp³-hybridized carbons (Fsp3) is 0.545. The first-order valence-corrected chi connectivity index (χ1v) is 6.67. The van der Waals surface area contributed by atoms with E-state index in [2.05, 4.69) is 14.5 Å². The quantitative estimate of drug-likeness (QED) is 0.459. The highest BCUT2D eigenvalue weighted by molar-refractivity contribution is 7.09. The Morgan fingerprint density at radius 1 is 1.43 bits per heavy atom. The Labute approximate surface area is 124 Å².